The van der Waals surface area contributed by atoms with Crippen LogP contribution in [0.4, 0.5) is 0 Å². The number of amides is 1. The first-order chi connectivity index (χ1) is 11.6. The monoisotopic (exact) mass is 357 g/mol. The minimum atomic E-state index is -0.645. The molecule has 0 spiro atoms. The van der Waals surface area contributed by atoms with Crippen molar-refractivity contribution in [3.05, 3.63) is 35.2 Å². The smallest absolute Gasteiger partial charge is 0.231 e. The Morgan fingerprint density at radius 2 is 2.08 bits per heavy atom. The van der Waals surface area contributed by atoms with Crippen molar-refractivity contribution >= 4 is 29.0 Å². The number of benzene rings is 1. The number of carbonyl (C=O) groups is 1. The van der Waals surface area contributed by atoms with Crippen molar-refractivity contribution in [2.45, 2.75) is 42.5 Å². The maximum Gasteiger partial charge on any atom is 0.231 e. The Hall–Kier alpha value is -1.84. The molecule has 1 fully saturated rings. The molecule has 0 bridgehead atoms. The highest BCUT2D eigenvalue weighted by molar-refractivity contribution is 8.01. The predicted octanol–water partition coefficient (Wildman–Crippen LogP) is 4.16. The molecule has 4 nitrogen and oxygen atoms in total. The molecule has 1 aliphatic rings. The van der Waals surface area contributed by atoms with E-state index in [0.717, 1.165) is 41.3 Å². The topological polar surface area (TPSA) is 65.8 Å². The molecule has 2 aromatic rings. The lowest BCUT2D eigenvalue weighted by Gasteiger charge is -2.21. The number of thiazole rings is 1. The summed E-state index contributed by atoms with van der Waals surface area (Å²) in [5, 5.41) is 14.2. The van der Waals surface area contributed by atoms with Crippen molar-refractivity contribution in [1.29, 1.82) is 5.26 Å². The summed E-state index contributed by atoms with van der Waals surface area (Å²) in [6.45, 7) is 2.06. The fourth-order valence-electron chi connectivity index (χ4n) is 2.85. The van der Waals surface area contributed by atoms with Crippen molar-refractivity contribution in [3.63, 3.8) is 0 Å². The van der Waals surface area contributed by atoms with Crippen LogP contribution in [0.15, 0.2) is 34.0 Å². The van der Waals surface area contributed by atoms with Crippen LogP contribution in [-0.2, 0) is 4.79 Å². The fraction of sp³-hybridized carbons (Fsp3) is 0.389. The van der Waals surface area contributed by atoms with Gasteiger partial charge in [0.15, 0.2) is 4.34 Å². The maximum absolute atomic E-state index is 12.1. The zero-order valence-electron chi connectivity index (χ0n) is 13.5. The van der Waals surface area contributed by atoms with Crippen LogP contribution in [0.1, 0.15) is 31.2 Å². The number of aromatic nitrogens is 1. The Kier molecular flexibility index (Phi) is 5.22. The second kappa shape index (κ2) is 7.37. The molecule has 1 aromatic heterocycles. The average Bonchev–Trinajstić information content (AvgIpc) is 3.24. The lowest BCUT2D eigenvalue weighted by atomic mass is 10.0. The summed E-state index contributed by atoms with van der Waals surface area (Å²) in [7, 11) is 0. The quantitative estimate of drug-likeness (QED) is 0.816. The minimum absolute atomic E-state index is 0.0875. The Morgan fingerprint density at radius 1 is 1.38 bits per heavy atom. The molecule has 1 heterocycles. The number of carbonyl (C=O) groups excluding carboxylic acids is 1. The van der Waals surface area contributed by atoms with E-state index in [-0.39, 0.29) is 5.91 Å². The first-order valence-electron chi connectivity index (χ1n) is 7.98. The van der Waals surface area contributed by atoms with Gasteiger partial charge in [0, 0.05) is 10.9 Å². The highest BCUT2D eigenvalue weighted by Crippen LogP contribution is 2.30. The molecule has 1 saturated carbocycles. The van der Waals surface area contributed by atoms with Gasteiger partial charge in [-0.1, -0.05) is 41.6 Å². The molecule has 0 aliphatic heterocycles. The Balaban J connectivity index is 1.56. The maximum atomic E-state index is 12.1. The van der Waals surface area contributed by atoms with Crippen LogP contribution in [0.2, 0.25) is 0 Å². The molecule has 0 saturated heterocycles. The van der Waals surface area contributed by atoms with Gasteiger partial charge >= 0.3 is 0 Å². The predicted molar refractivity (Wildman–Crippen MR) is 98.0 cm³/mol. The van der Waals surface area contributed by atoms with Gasteiger partial charge in [-0.3, -0.25) is 4.79 Å². The van der Waals surface area contributed by atoms with Crippen molar-refractivity contribution in [1.82, 2.24) is 10.3 Å². The lowest BCUT2D eigenvalue weighted by Crippen LogP contribution is -2.45. The highest BCUT2D eigenvalue weighted by Gasteiger charge is 2.35. The summed E-state index contributed by atoms with van der Waals surface area (Å²) in [5.41, 5.74) is 2.60. The van der Waals surface area contributed by atoms with E-state index in [1.807, 2.05) is 5.38 Å². The van der Waals surface area contributed by atoms with Gasteiger partial charge in [0.1, 0.15) is 5.54 Å². The molecule has 1 aliphatic carbocycles. The van der Waals surface area contributed by atoms with Crippen LogP contribution in [0.3, 0.4) is 0 Å². The number of nitriles is 1. The van der Waals surface area contributed by atoms with Gasteiger partial charge in [-0.25, -0.2) is 4.98 Å². The second-order valence-electron chi connectivity index (χ2n) is 6.10. The van der Waals surface area contributed by atoms with Gasteiger partial charge < -0.3 is 5.32 Å². The zero-order valence-corrected chi connectivity index (χ0v) is 15.2. The molecule has 0 atom stereocenters. The summed E-state index contributed by atoms with van der Waals surface area (Å²) in [4.78, 5) is 16.7. The van der Waals surface area contributed by atoms with E-state index in [2.05, 4.69) is 47.6 Å². The van der Waals surface area contributed by atoms with Gasteiger partial charge in [-0.2, -0.15) is 5.26 Å². The molecule has 0 unspecified atom stereocenters. The SMILES string of the molecule is Cc1ccc(-c2csc(SCC(=O)NC3(C#N)CCCC3)n2)cc1. The van der Waals surface area contributed by atoms with E-state index < -0.39 is 5.54 Å². The third-order valence-electron chi connectivity index (χ3n) is 4.21. The third kappa shape index (κ3) is 3.97. The molecule has 1 aromatic carbocycles. The first kappa shape index (κ1) is 17.0. The molecule has 6 heteroatoms. The summed E-state index contributed by atoms with van der Waals surface area (Å²) >= 11 is 2.97. The van der Waals surface area contributed by atoms with Gasteiger partial charge in [0.2, 0.25) is 5.91 Å². The van der Waals surface area contributed by atoms with Crippen LogP contribution in [0.5, 0.6) is 0 Å². The van der Waals surface area contributed by atoms with Crippen LogP contribution in [0, 0.1) is 18.3 Å². The van der Waals surface area contributed by atoms with Crippen molar-refractivity contribution in [2.24, 2.45) is 0 Å². The number of aryl methyl sites for hydroxylation is 1. The van der Waals surface area contributed by atoms with Gasteiger partial charge in [0.25, 0.3) is 0 Å². The molecule has 0 radical (unpaired) electrons. The summed E-state index contributed by atoms with van der Waals surface area (Å²) in [6.07, 6.45) is 3.53. The molecular formula is C18H19N3OS2. The number of rotatable bonds is 5. The molecule has 124 valence electrons. The minimum Gasteiger partial charge on any atom is -0.337 e. The van der Waals surface area contributed by atoms with Crippen LogP contribution >= 0.6 is 23.1 Å². The Labute approximate surface area is 150 Å². The molecule has 1 N–H and O–H groups in total. The molecular weight excluding hydrogens is 338 g/mol. The lowest BCUT2D eigenvalue weighted by molar-refractivity contribution is -0.119. The van der Waals surface area contributed by atoms with Crippen LogP contribution < -0.4 is 5.32 Å². The molecule has 3 rings (SSSR count). The van der Waals surface area contributed by atoms with E-state index in [0.29, 0.717) is 5.75 Å². The highest BCUT2D eigenvalue weighted by atomic mass is 32.2. The molecule has 24 heavy (non-hydrogen) atoms. The number of nitrogens with one attached hydrogen (secondary N) is 1. The number of thioether (sulfide) groups is 1. The third-order valence-corrected chi connectivity index (χ3v) is 6.23. The summed E-state index contributed by atoms with van der Waals surface area (Å²) in [5.74, 6) is 0.208. The van der Waals surface area contributed by atoms with E-state index in [9.17, 15) is 10.1 Å². The van der Waals surface area contributed by atoms with Gasteiger partial charge in [-0.15, -0.1) is 11.3 Å². The largest absolute Gasteiger partial charge is 0.337 e. The molecule has 1 amide bonds. The number of hydrogen-bond acceptors (Lipinski definition) is 5. The van der Waals surface area contributed by atoms with Crippen molar-refractivity contribution in [2.75, 3.05) is 5.75 Å². The summed E-state index contributed by atoms with van der Waals surface area (Å²) in [6, 6.07) is 10.5. The fourth-order valence-corrected chi connectivity index (χ4v) is 4.49. The van der Waals surface area contributed by atoms with Crippen molar-refractivity contribution in [3.8, 4) is 17.3 Å². The standard InChI is InChI=1S/C18H19N3OS2/c1-13-4-6-14(7-5-13)15-10-23-17(20-15)24-11-16(22)21-18(12-19)8-2-3-9-18/h4-7,10H,2-3,8-9,11H2,1H3,(H,21,22). The van der Waals surface area contributed by atoms with Crippen LogP contribution in [-0.4, -0.2) is 22.2 Å². The second-order valence-corrected chi connectivity index (χ2v) is 8.18. The van der Waals surface area contributed by atoms with E-state index in [1.54, 1.807) is 11.3 Å². The van der Waals surface area contributed by atoms with Crippen LogP contribution in [0.25, 0.3) is 11.3 Å². The van der Waals surface area contributed by atoms with E-state index in [1.165, 1.54) is 17.3 Å². The number of hydrogen-bond donors (Lipinski definition) is 1. The van der Waals surface area contributed by atoms with Crippen molar-refractivity contribution < 1.29 is 4.79 Å². The van der Waals surface area contributed by atoms with E-state index in [4.69, 9.17) is 0 Å². The zero-order chi connectivity index (χ0) is 17.0. The van der Waals surface area contributed by atoms with E-state index >= 15 is 0 Å². The van der Waals surface area contributed by atoms with Gasteiger partial charge in [-0.05, 0) is 32.6 Å². The Morgan fingerprint density at radius 3 is 2.75 bits per heavy atom. The normalized spacial score (nSPS) is 15.8. The number of nitrogens with zero attached hydrogens (tertiary/aromatic N) is 2. The Bertz CT molecular complexity index is 755. The average molecular weight is 358 g/mol. The first-order valence-corrected chi connectivity index (χ1v) is 9.84. The summed E-state index contributed by atoms with van der Waals surface area (Å²) < 4.78 is 0.873. The van der Waals surface area contributed by atoms with Gasteiger partial charge in [0.05, 0.1) is 17.5 Å².